The van der Waals surface area contributed by atoms with Crippen molar-refractivity contribution >= 4 is 90.0 Å². The topological polar surface area (TPSA) is 113 Å². The van der Waals surface area contributed by atoms with Crippen LogP contribution >= 0.6 is 54.5 Å². The minimum atomic E-state index is -1.18. The second-order valence-electron chi connectivity index (χ2n) is 5.92. The second kappa shape index (κ2) is 9.27. The third kappa shape index (κ3) is 4.90. The Morgan fingerprint density at radius 3 is 2.47 bits per heavy atom. The molecule has 11 heteroatoms. The predicted molar refractivity (Wildman–Crippen MR) is 123 cm³/mol. The number of hydrogen-bond acceptors (Lipinski definition) is 5. The van der Waals surface area contributed by atoms with Crippen molar-refractivity contribution in [2.45, 2.75) is 0 Å². The van der Waals surface area contributed by atoms with Crippen LogP contribution < -0.4 is 15.0 Å². The average Bonchev–Trinajstić information content (AvgIpc) is 2.65. The Labute approximate surface area is 200 Å². The number of carboxylic acid groups (broad SMARTS) is 1. The van der Waals surface area contributed by atoms with E-state index in [0.717, 1.165) is 12.9 Å². The maximum absolute atomic E-state index is 13.0. The molecule has 154 valence electrons. The van der Waals surface area contributed by atoms with Crippen LogP contribution in [0.3, 0.4) is 0 Å². The number of imide groups is 2. The minimum Gasteiger partial charge on any atom is -0.480 e. The summed E-state index contributed by atoms with van der Waals surface area (Å²) in [6, 6.07) is 8.87. The summed E-state index contributed by atoms with van der Waals surface area (Å²) in [6.45, 7) is -0.612. The van der Waals surface area contributed by atoms with Gasteiger partial charge in [-0.2, -0.15) is 0 Å². The highest BCUT2D eigenvalue weighted by Gasteiger charge is 2.37. The molecule has 1 heterocycles. The first-order chi connectivity index (χ1) is 14.2. The van der Waals surface area contributed by atoms with Gasteiger partial charge in [-0.15, -0.1) is 0 Å². The first-order valence-electron chi connectivity index (χ1n) is 8.18. The Bertz CT molecular complexity index is 1100. The third-order valence-corrected chi connectivity index (χ3v) is 5.60. The molecule has 0 spiro atoms. The van der Waals surface area contributed by atoms with E-state index >= 15 is 0 Å². The number of anilines is 1. The van der Waals surface area contributed by atoms with Crippen LogP contribution in [-0.4, -0.2) is 35.5 Å². The fourth-order valence-electron chi connectivity index (χ4n) is 2.61. The number of carbonyl (C=O) groups excluding carboxylic acids is 3. The van der Waals surface area contributed by atoms with Crippen LogP contribution in [0.4, 0.5) is 10.5 Å². The van der Waals surface area contributed by atoms with Crippen LogP contribution in [0.25, 0.3) is 6.08 Å². The first-order valence-corrected chi connectivity index (χ1v) is 10.8. The van der Waals surface area contributed by atoms with Crippen LogP contribution in [0, 0.1) is 3.57 Å². The zero-order valence-electron chi connectivity index (χ0n) is 14.8. The van der Waals surface area contributed by atoms with E-state index in [1.165, 1.54) is 6.08 Å². The van der Waals surface area contributed by atoms with Gasteiger partial charge in [0.05, 0.1) is 10.2 Å². The van der Waals surface area contributed by atoms with Crippen LogP contribution in [0.5, 0.6) is 5.75 Å². The number of ether oxygens (including phenoxy) is 1. The van der Waals surface area contributed by atoms with Crippen LogP contribution in [0.2, 0.25) is 0 Å². The van der Waals surface area contributed by atoms with Gasteiger partial charge in [0.25, 0.3) is 11.8 Å². The second-order valence-corrected chi connectivity index (χ2v) is 8.94. The number of benzene rings is 2. The van der Waals surface area contributed by atoms with Gasteiger partial charge in [0, 0.05) is 13.6 Å². The zero-order valence-corrected chi connectivity index (χ0v) is 20.1. The van der Waals surface area contributed by atoms with E-state index in [-0.39, 0.29) is 17.0 Å². The smallest absolute Gasteiger partial charge is 0.341 e. The van der Waals surface area contributed by atoms with Crippen molar-refractivity contribution in [3.63, 3.8) is 0 Å². The van der Waals surface area contributed by atoms with E-state index in [4.69, 9.17) is 9.84 Å². The van der Waals surface area contributed by atoms with Crippen molar-refractivity contribution in [2.24, 2.45) is 0 Å². The lowest BCUT2D eigenvalue weighted by Gasteiger charge is -2.26. The molecule has 0 radical (unpaired) electrons. The Morgan fingerprint density at radius 1 is 1.17 bits per heavy atom. The van der Waals surface area contributed by atoms with E-state index < -0.39 is 30.4 Å². The highest BCUT2D eigenvalue weighted by Crippen LogP contribution is 2.34. The summed E-state index contributed by atoms with van der Waals surface area (Å²) in [5.41, 5.74) is 0.287. The molecule has 0 bridgehead atoms. The predicted octanol–water partition coefficient (Wildman–Crippen LogP) is 3.95. The van der Waals surface area contributed by atoms with E-state index in [1.54, 1.807) is 36.4 Å². The lowest BCUT2D eigenvalue weighted by Crippen LogP contribution is -2.54. The van der Waals surface area contributed by atoms with Crippen molar-refractivity contribution in [3.8, 4) is 5.75 Å². The molecule has 2 aromatic rings. The molecular weight excluding hydrogens is 639 g/mol. The molecule has 2 N–H and O–H groups in total. The van der Waals surface area contributed by atoms with Crippen molar-refractivity contribution in [2.75, 3.05) is 11.5 Å². The van der Waals surface area contributed by atoms with E-state index in [9.17, 15) is 19.2 Å². The number of amides is 4. The van der Waals surface area contributed by atoms with Gasteiger partial charge < -0.3 is 9.84 Å². The lowest BCUT2D eigenvalue weighted by molar-refractivity contribution is -0.139. The van der Waals surface area contributed by atoms with Crippen LogP contribution in [0.1, 0.15) is 5.56 Å². The van der Waals surface area contributed by atoms with Gasteiger partial charge in [0.15, 0.2) is 6.61 Å². The van der Waals surface area contributed by atoms with Crippen LogP contribution in [0.15, 0.2) is 50.9 Å². The van der Waals surface area contributed by atoms with E-state index in [0.29, 0.717) is 10.0 Å². The molecule has 0 unspecified atom stereocenters. The van der Waals surface area contributed by atoms with Crippen molar-refractivity contribution < 1.29 is 29.0 Å². The van der Waals surface area contributed by atoms with Gasteiger partial charge in [0.1, 0.15) is 11.3 Å². The molecule has 0 saturated carbocycles. The zero-order chi connectivity index (χ0) is 22.0. The largest absolute Gasteiger partial charge is 0.480 e. The number of halogens is 3. The number of nitrogens with one attached hydrogen (secondary N) is 1. The van der Waals surface area contributed by atoms with E-state index in [2.05, 4.69) is 37.2 Å². The Hall–Kier alpha value is -2.25. The summed E-state index contributed by atoms with van der Waals surface area (Å²) in [4.78, 5) is 49.4. The number of urea groups is 1. The SMILES string of the molecule is O=C(O)COc1c(Br)cc(I)cc1/C=C1\C(=O)NC(=O)N(c2ccc(Br)cc2)C1=O. The molecule has 4 amide bonds. The fraction of sp³-hybridized carbons (Fsp3) is 0.0526. The number of carboxylic acids is 1. The summed E-state index contributed by atoms with van der Waals surface area (Å²) in [7, 11) is 0. The number of hydrogen-bond donors (Lipinski definition) is 2. The number of barbiturate groups is 1. The molecule has 1 aliphatic heterocycles. The molecule has 2 aromatic carbocycles. The molecule has 30 heavy (non-hydrogen) atoms. The third-order valence-electron chi connectivity index (χ3n) is 3.86. The standard InChI is InChI=1S/C19H11Br2IN2O6/c20-10-1-3-12(4-2-10)24-18(28)13(17(27)23-19(24)29)6-9-5-11(22)7-14(21)16(9)30-8-15(25)26/h1-7H,8H2,(H,25,26)(H,23,27,29)/b13-6+. The molecular formula is C19H11Br2IN2O6. The first kappa shape index (κ1) is 22.4. The average molecular weight is 650 g/mol. The Balaban J connectivity index is 2.06. The summed E-state index contributed by atoms with van der Waals surface area (Å²) in [6.07, 6.45) is 1.26. The minimum absolute atomic E-state index is 0.151. The molecule has 0 atom stereocenters. The normalized spacial score (nSPS) is 15.4. The van der Waals surface area contributed by atoms with Crippen molar-refractivity contribution in [1.29, 1.82) is 0 Å². The molecule has 3 rings (SSSR count). The quantitative estimate of drug-likeness (QED) is 0.288. The van der Waals surface area contributed by atoms with Gasteiger partial charge in [0.2, 0.25) is 0 Å². The summed E-state index contributed by atoms with van der Waals surface area (Å²) in [5.74, 6) is -2.71. The molecule has 0 aliphatic carbocycles. The summed E-state index contributed by atoms with van der Waals surface area (Å²) in [5, 5.41) is 11.0. The van der Waals surface area contributed by atoms with Crippen molar-refractivity contribution in [1.82, 2.24) is 5.32 Å². The van der Waals surface area contributed by atoms with Gasteiger partial charge in [-0.25, -0.2) is 14.5 Å². The van der Waals surface area contributed by atoms with Gasteiger partial charge >= 0.3 is 12.0 Å². The van der Waals surface area contributed by atoms with Crippen LogP contribution in [-0.2, 0) is 14.4 Å². The molecule has 8 nitrogen and oxygen atoms in total. The lowest BCUT2D eigenvalue weighted by atomic mass is 10.1. The summed E-state index contributed by atoms with van der Waals surface area (Å²) < 4.78 is 7.27. The highest BCUT2D eigenvalue weighted by atomic mass is 127. The van der Waals surface area contributed by atoms with Crippen molar-refractivity contribution in [3.05, 3.63) is 60.1 Å². The van der Waals surface area contributed by atoms with Gasteiger partial charge in [-0.05, 0) is 81.0 Å². The van der Waals surface area contributed by atoms with E-state index in [1.807, 2.05) is 22.6 Å². The monoisotopic (exact) mass is 648 g/mol. The molecule has 0 aromatic heterocycles. The molecule has 1 saturated heterocycles. The fourth-order valence-corrected chi connectivity index (χ4v) is 4.54. The number of carbonyl (C=O) groups is 4. The number of nitrogens with zero attached hydrogens (tertiary/aromatic N) is 1. The highest BCUT2D eigenvalue weighted by molar-refractivity contribution is 14.1. The van der Waals surface area contributed by atoms with Gasteiger partial charge in [-0.1, -0.05) is 15.9 Å². The molecule has 1 aliphatic rings. The Kier molecular flexibility index (Phi) is 6.93. The Morgan fingerprint density at radius 2 is 1.83 bits per heavy atom. The number of rotatable bonds is 5. The molecule has 1 fully saturated rings. The maximum atomic E-state index is 13.0. The summed E-state index contributed by atoms with van der Waals surface area (Å²) >= 11 is 8.61. The van der Waals surface area contributed by atoms with Gasteiger partial charge in [-0.3, -0.25) is 14.9 Å². The maximum Gasteiger partial charge on any atom is 0.341 e. The number of aliphatic carboxylic acids is 1.